The van der Waals surface area contributed by atoms with E-state index in [0.29, 0.717) is 5.56 Å². The molecule has 7 heteroatoms. The van der Waals surface area contributed by atoms with Gasteiger partial charge in [0.25, 0.3) is 0 Å². The van der Waals surface area contributed by atoms with Gasteiger partial charge in [0.15, 0.2) is 0 Å². The highest BCUT2D eigenvalue weighted by Gasteiger charge is 2.16. The van der Waals surface area contributed by atoms with E-state index in [0.717, 1.165) is 0 Å². The first kappa shape index (κ1) is 16.0. The second kappa shape index (κ2) is 6.91. The number of aryl methyl sites for hydroxylation is 1. The Hall–Kier alpha value is -2.07. The van der Waals surface area contributed by atoms with Crippen molar-refractivity contribution < 1.29 is 17.9 Å². The van der Waals surface area contributed by atoms with Crippen LogP contribution in [-0.4, -0.2) is 26.7 Å². The largest absolute Gasteiger partial charge is 0.466 e. The summed E-state index contributed by atoms with van der Waals surface area (Å²) < 4.78 is 30.7. The number of hydrogen-bond donors (Lipinski definition) is 1. The lowest BCUT2D eigenvalue weighted by Crippen LogP contribution is -2.20. The van der Waals surface area contributed by atoms with Crippen molar-refractivity contribution in [2.45, 2.75) is 20.3 Å². The van der Waals surface area contributed by atoms with Gasteiger partial charge in [0.05, 0.1) is 30.0 Å². The van der Waals surface area contributed by atoms with E-state index in [1.807, 2.05) is 6.07 Å². The van der Waals surface area contributed by atoms with E-state index in [4.69, 9.17) is 5.26 Å². The minimum absolute atomic E-state index is 0.211. The van der Waals surface area contributed by atoms with Crippen molar-refractivity contribution in [3.05, 3.63) is 29.3 Å². The van der Waals surface area contributed by atoms with Crippen LogP contribution in [-0.2, 0) is 19.6 Å². The van der Waals surface area contributed by atoms with Gasteiger partial charge in [-0.25, -0.2) is 8.42 Å². The summed E-state index contributed by atoms with van der Waals surface area (Å²) in [7, 11) is -3.70. The number of sulfonamides is 1. The normalized spacial score (nSPS) is 10.7. The third-order valence-corrected chi connectivity index (χ3v) is 3.80. The van der Waals surface area contributed by atoms with Crippen molar-refractivity contribution in [2.24, 2.45) is 0 Å². The zero-order valence-corrected chi connectivity index (χ0v) is 12.2. The number of nitrogens with zero attached hydrogens (tertiary/aromatic N) is 1. The van der Waals surface area contributed by atoms with Crippen LogP contribution in [0.15, 0.2) is 18.2 Å². The quantitative estimate of drug-likeness (QED) is 0.804. The fraction of sp³-hybridized carbons (Fsp3) is 0.385. The molecule has 0 heterocycles. The molecule has 0 aliphatic carbocycles. The molecule has 0 saturated carbocycles. The minimum atomic E-state index is -3.70. The molecule has 0 aromatic heterocycles. The molecule has 20 heavy (non-hydrogen) atoms. The minimum Gasteiger partial charge on any atom is -0.466 e. The summed E-state index contributed by atoms with van der Waals surface area (Å²) in [5.41, 5.74) is 1.17. The molecule has 1 aromatic carbocycles. The van der Waals surface area contributed by atoms with E-state index in [9.17, 15) is 13.2 Å². The lowest BCUT2D eigenvalue weighted by Gasteiger charge is -2.10. The molecule has 0 atom stereocenters. The van der Waals surface area contributed by atoms with Gasteiger partial charge in [-0.2, -0.15) is 5.26 Å². The van der Waals surface area contributed by atoms with Gasteiger partial charge in [-0.3, -0.25) is 9.52 Å². The number of nitrogens with one attached hydrogen (secondary N) is 1. The molecule has 0 saturated heterocycles. The number of carbonyl (C=O) groups excluding carboxylic acids is 1. The van der Waals surface area contributed by atoms with Crippen molar-refractivity contribution in [1.82, 2.24) is 0 Å². The summed E-state index contributed by atoms with van der Waals surface area (Å²) >= 11 is 0. The predicted octanol–water partition coefficient (Wildman–Crippen LogP) is 1.56. The number of carbonyl (C=O) groups is 1. The van der Waals surface area contributed by atoms with Crippen LogP contribution in [0.3, 0.4) is 0 Å². The van der Waals surface area contributed by atoms with Crippen LogP contribution in [0.1, 0.15) is 24.5 Å². The molecule has 0 radical (unpaired) electrons. The van der Waals surface area contributed by atoms with Crippen molar-refractivity contribution in [1.29, 1.82) is 5.26 Å². The summed E-state index contributed by atoms with van der Waals surface area (Å²) in [6.45, 7) is 3.58. The van der Waals surface area contributed by atoms with Crippen LogP contribution in [0.2, 0.25) is 0 Å². The maximum absolute atomic E-state index is 11.9. The maximum Gasteiger partial charge on any atom is 0.306 e. The van der Waals surface area contributed by atoms with Gasteiger partial charge in [0.2, 0.25) is 10.0 Å². The average molecular weight is 296 g/mol. The highest BCUT2D eigenvalue weighted by Crippen LogP contribution is 2.19. The van der Waals surface area contributed by atoms with Gasteiger partial charge in [0, 0.05) is 0 Å². The number of benzene rings is 1. The Morgan fingerprint density at radius 3 is 2.75 bits per heavy atom. The molecule has 0 unspecified atom stereocenters. The fourth-order valence-corrected chi connectivity index (χ4v) is 2.61. The van der Waals surface area contributed by atoms with E-state index in [1.54, 1.807) is 26.0 Å². The Kier molecular flexibility index (Phi) is 5.53. The number of hydrogen-bond acceptors (Lipinski definition) is 5. The zero-order valence-electron chi connectivity index (χ0n) is 11.3. The molecule has 0 fully saturated rings. The lowest BCUT2D eigenvalue weighted by atomic mass is 10.1. The maximum atomic E-state index is 11.9. The van der Waals surface area contributed by atoms with E-state index in [1.165, 1.54) is 6.07 Å². The highest BCUT2D eigenvalue weighted by molar-refractivity contribution is 7.92. The lowest BCUT2D eigenvalue weighted by molar-refractivity contribution is -0.142. The number of nitriles is 1. The first-order valence-electron chi connectivity index (χ1n) is 6.05. The summed E-state index contributed by atoms with van der Waals surface area (Å²) in [6, 6.07) is 6.83. The molecule has 0 amide bonds. The standard InChI is InChI=1S/C13H16N2O4S/c1-3-19-13(16)7-8-20(17,18)15-12-6-4-5-10(2)11(12)9-14/h4-6,15H,3,7-8H2,1-2H3. The van der Waals surface area contributed by atoms with Crippen LogP contribution in [0.4, 0.5) is 5.69 Å². The van der Waals surface area contributed by atoms with Gasteiger partial charge in [-0.15, -0.1) is 0 Å². The number of ether oxygens (including phenoxy) is 1. The molecule has 0 aliphatic rings. The van der Waals surface area contributed by atoms with Crippen LogP contribution >= 0.6 is 0 Å². The van der Waals surface area contributed by atoms with Crippen LogP contribution in [0.25, 0.3) is 0 Å². The average Bonchev–Trinajstić information content (AvgIpc) is 2.37. The van der Waals surface area contributed by atoms with E-state index < -0.39 is 16.0 Å². The molecule has 0 aliphatic heterocycles. The Balaban J connectivity index is 2.80. The van der Waals surface area contributed by atoms with Gasteiger partial charge < -0.3 is 4.74 Å². The van der Waals surface area contributed by atoms with Crippen molar-refractivity contribution in [2.75, 3.05) is 17.1 Å². The molecule has 1 rings (SSSR count). The molecule has 0 spiro atoms. The van der Waals surface area contributed by atoms with E-state index in [2.05, 4.69) is 9.46 Å². The second-order valence-corrected chi connectivity index (χ2v) is 5.93. The Morgan fingerprint density at radius 1 is 1.45 bits per heavy atom. The first-order chi connectivity index (χ1) is 9.39. The Bertz CT molecular complexity index is 632. The number of rotatable bonds is 6. The molecular weight excluding hydrogens is 280 g/mol. The van der Waals surface area contributed by atoms with E-state index in [-0.39, 0.29) is 30.0 Å². The van der Waals surface area contributed by atoms with Crippen LogP contribution in [0, 0.1) is 18.3 Å². The SMILES string of the molecule is CCOC(=O)CCS(=O)(=O)Nc1cccc(C)c1C#N. The fourth-order valence-electron chi connectivity index (χ4n) is 1.57. The summed E-state index contributed by atoms with van der Waals surface area (Å²) in [4.78, 5) is 11.2. The monoisotopic (exact) mass is 296 g/mol. The van der Waals surface area contributed by atoms with Crippen LogP contribution < -0.4 is 4.72 Å². The molecule has 1 aromatic rings. The van der Waals surface area contributed by atoms with Crippen LogP contribution in [0.5, 0.6) is 0 Å². The smallest absolute Gasteiger partial charge is 0.306 e. The number of anilines is 1. The summed E-state index contributed by atoms with van der Waals surface area (Å²) in [5.74, 6) is -0.951. The summed E-state index contributed by atoms with van der Waals surface area (Å²) in [5, 5.41) is 9.03. The third kappa shape index (κ3) is 4.55. The third-order valence-electron chi connectivity index (χ3n) is 2.53. The van der Waals surface area contributed by atoms with Gasteiger partial charge in [-0.05, 0) is 25.5 Å². The molecule has 0 bridgehead atoms. The first-order valence-corrected chi connectivity index (χ1v) is 7.70. The predicted molar refractivity (Wildman–Crippen MR) is 74.6 cm³/mol. The molecule has 108 valence electrons. The molecule has 6 nitrogen and oxygen atoms in total. The highest BCUT2D eigenvalue weighted by atomic mass is 32.2. The topological polar surface area (TPSA) is 96.3 Å². The van der Waals surface area contributed by atoms with Crippen molar-refractivity contribution >= 4 is 21.7 Å². The summed E-state index contributed by atoms with van der Waals surface area (Å²) in [6.07, 6.45) is -0.225. The van der Waals surface area contributed by atoms with Crippen molar-refractivity contribution in [3.63, 3.8) is 0 Å². The molecular formula is C13H16N2O4S. The van der Waals surface area contributed by atoms with Gasteiger partial charge in [-0.1, -0.05) is 12.1 Å². The molecule has 1 N–H and O–H groups in total. The van der Waals surface area contributed by atoms with Gasteiger partial charge >= 0.3 is 5.97 Å². The van der Waals surface area contributed by atoms with Crippen molar-refractivity contribution in [3.8, 4) is 6.07 Å². The van der Waals surface area contributed by atoms with E-state index >= 15 is 0 Å². The van der Waals surface area contributed by atoms with Gasteiger partial charge in [0.1, 0.15) is 6.07 Å². The zero-order chi connectivity index (χ0) is 15.2. The number of esters is 1. The Morgan fingerprint density at radius 2 is 2.15 bits per heavy atom. The Labute approximate surface area is 118 Å². The second-order valence-electron chi connectivity index (χ2n) is 4.09.